The van der Waals surface area contributed by atoms with Gasteiger partial charge in [0.1, 0.15) is 0 Å². The van der Waals surface area contributed by atoms with E-state index in [1.54, 1.807) is 0 Å². The molecule has 2 nitrogen and oxygen atoms in total. The zero-order chi connectivity index (χ0) is 6.97. The van der Waals surface area contributed by atoms with E-state index < -0.39 is 0 Å². The van der Waals surface area contributed by atoms with E-state index in [0.717, 1.165) is 18.9 Å². The van der Waals surface area contributed by atoms with Crippen LogP contribution < -0.4 is 0 Å². The molecule has 2 fully saturated rings. The smallest absolute Gasteiger partial charge is 0.0654 e. The van der Waals surface area contributed by atoms with Crippen molar-refractivity contribution in [1.82, 2.24) is 0 Å². The van der Waals surface area contributed by atoms with Crippen molar-refractivity contribution in [3.63, 3.8) is 0 Å². The van der Waals surface area contributed by atoms with Crippen LogP contribution in [0.4, 0.5) is 0 Å². The van der Waals surface area contributed by atoms with Gasteiger partial charge in [0.05, 0.1) is 6.10 Å². The summed E-state index contributed by atoms with van der Waals surface area (Å²) in [6, 6.07) is 0. The van der Waals surface area contributed by atoms with Crippen LogP contribution in [0, 0.1) is 11.8 Å². The third-order valence-electron chi connectivity index (χ3n) is 2.58. The first-order valence-corrected chi connectivity index (χ1v) is 4.14. The van der Waals surface area contributed by atoms with Gasteiger partial charge in [0.2, 0.25) is 0 Å². The van der Waals surface area contributed by atoms with Crippen molar-refractivity contribution < 1.29 is 9.84 Å². The molecular weight excluding hydrogens is 128 g/mol. The van der Waals surface area contributed by atoms with E-state index in [0.29, 0.717) is 18.6 Å². The molecule has 0 unspecified atom stereocenters. The Bertz CT molecular complexity index is 120. The Balaban J connectivity index is 1.91. The summed E-state index contributed by atoms with van der Waals surface area (Å²) in [5.41, 5.74) is 0. The average molecular weight is 142 g/mol. The van der Waals surface area contributed by atoms with Crippen molar-refractivity contribution >= 4 is 0 Å². The van der Waals surface area contributed by atoms with E-state index in [1.807, 2.05) is 0 Å². The molecule has 2 rings (SSSR count). The van der Waals surface area contributed by atoms with Gasteiger partial charge in [0.15, 0.2) is 0 Å². The lowest BCUT2D eigenvalue weighted by Gasteiger charge is -2.14. The Morgan fingerprint density at radius 2 is 2.10 bits per heavy atom. The van der Waals surface area contributed by atoms with Crippen LogP contribution in [0.5, 0.6) is 0 Å². The Hall–Kier alpha value is -0.0800. The second-order valence-corrected chi connectivity index (χ2v) is 3.40. The molecule has 10 heavy (non-hydrogen) atoms. The van der Waals surface area contributed by atoms with Crippen LogP contribution in [0.2, 0.25) is 0 Å². The Labute approximate surface area is 61.2 Å². The topological polar surface area (TPSA) is 29.5 Å². The maximum Gasteiger partial charge on any atom is 0.0654 e. The molecule has 1 saturated heterocycles. The standard InChI is InChI=1S/C8H14O2/c9-5-7-3-4-10-8(7)6-1-2-6/h6-9H,1-5H2/t7-,8+/m1/s1. The van der Waals surface area contributed by atoms with E-state index in [-0.39, 0.29) is 0 Å². The van der Waals surface area contributed by atoms with Gasteiger partial charge in [-0.25, -0.2) is 0 Å². The van der Waals surface area contributed by atoms with Crippen molar-refractivity contribution in [1.29, 1.82) is 0 Å². The number of hydrogen-bond donors (Lipinski definition) is 1. The molecule has 1 N–H and O–H groups in total. The molecule has 0 amide bonds. The summed E-state index contributed by atoms with van der Waals surface area (Å²) < 4.78 is 5.52. The minimum atomic E-state index is 0.321. The highest BCUT2D eigenvalue weighted by atomic mass is 16.5. The quantitative estimate of drug-likeness (QED) is 0.617. The maximum absolute atomic E-state index is 8.93. The second kappa shape index (κ2) is 2.51. The molecule has 2 heteroatoms. The largest absolute Gasteiger partial charge is 0.396 e. The Morgan fingerprint density at radius 1 is 1.30 bits per heavy atom. The molecular formula is C8H14O2. The molecule has 0 aromatic rings. The van der Waals surface area contributed by atoms with Crippen molar-refractivity contribution in [3.05, 3.63) is 0 Å². The van der Waals surface area contributed by atoms with Gasteiger partial charge in [-0.3, -0.25) is 0 Å². The molecule has 0 bridgehead atoms. The zero-order valence-electron chi connectivity index (χ0n) is 6.12. The van der Waals surface area contributed by atoms with Gasteiger partial charge in [-0.2, -0.15) is 0 Å². The first-order chi connectivity index (χ1) is 4.92. The SMILES string of the molecule is OC[C@H]1CCO[C@H]1C1CC1. The van der Waals surface area contributed by atoms with Crippen LogP contribution in [0.3, 0.4) is 0 Å². The normalized spacial score (nSPS) is 40.5. The molecule has 0 spiro atoms. The lowest BCUT2D eigenvalue weighted by molar-refractivity contribution is 0.0560. The lowest BCUT2D eigenvalue weighted by Crippen LogP contribution is -2.21. The zero-order valence-corrected chi connectivity index (χ0v) is 6.12. The molecule has 1 saturated carbocycles. The summed E-state index contributed by atoms with van der Waals surface area (Å²) >= 11 is 0. The Kier molecular flexibility index (Phi) is 1.66. The first-order valence-electron chi connectivity index (χ1n) is 4.14. The van der Waals surface area contributed by atoms with E-state index in [1.165, 1.54) is 12.8 Å². The first kappa shape index (κ1) is 6.62. The number of aliphatic hydroxyl groups excluding tert-OH is 1. The van der Waals surface area contributed by atoms with Crippen LogP contribution in [0.25, 0.3) is 0 Å². The van der Waals surface area contributed by atoms with Crippen molar-refractivity contribution in [3.8, 4) is 0 Å². The van der Waals surface area contributed by atoms with Crippen LogP contribution in [-0.4, -0.2) is 24.4 Å². The van der Waals surface area contributed by atoms with Crippen LogP contribution in [-0.2, 0) is 4.74 Å². The minimum Gasteiger partial charge on any atom is -0.396 e. The van der Waals surface area contributed by atoms with Gasteiger partial charge < -0.3 is 9.84 Å². The number of rotatable bonds is 2. The van der Waals surface area contributed by atoms with Gasteiger partial charge in [0, 0.05) is 19.1 Å². The van der Waals surface area contributed by atoms with Crippen molar-refractivity contribution in [2.45, 2.75) is 25.4 Å². The lowest BCUT2D eigenvalue weighted by atomic mass is 9.99. The second-order valence-electron chi connectivity index (χ2n) is 3.40. The predicted octanol–water partition coefficient (Wildman–Crippen LogP) is 0.794. The van der Waals surface area contributed by atoms with Crippen molar-refractivity contribution in [2.24, 2.45) is 11.8 Å². The van der Waals surface area contributed by atoms with Gasteiger partial charge in [0.25, 0.3) is 0 Å². The highest BCUT2D eigenvalue weighted by molar-refractivity contribution is 4.89. The molecule has 1 aliphatic heterocycles. The monoisotopic (exact) mass is 142 g/mol. The van der Waals surface area contributed by atoms with Gasteiger partial charge >= 0.3 is 0 Å². The van der Waals surface area contributed by atoms with Gasteiger partial charge in [-0.1, -0.05) is 0 Å². The van der Waals surface area contributed by atoms with E-state index >= 15 is 0 Å². The fraction of sp³-hybridized carbons (Fsp3) is 1.00. The summed E-state index contributed by atoms with van der Waals surface area (Å²) in [4.78, 5) is 0. The van der Waals surface area contributed by atoms with E-state index in [4.69, 9.17) is 9.84 Å². The predicted molar refractivity (Wildman–Crippen MR) is 37.7 cm³/mol. The fourth-order valence-electron chi connectivity index (χ4n) is 1.80. The number of ether oxygens (including phenoxy) is 1. The molecule has 58 valence electrons. The molecule has 0 radical (unpaired) electrons. The Morgan fingerprint density at radius 3 is 2.70 bits per heavy atom. The average Bonchev–Trinajstić information content (AvgIpc) is 2.69. The maximum atomic E-state index is 8.93. The highest BCUT2D eigenvalue weighted by Gasteiger charge is 2.39. The summed E-state index contributed by atoms with van der Waals surface area (Å²) in [5, 5.41) is 8.93. The number of aliphatic hydroxyl groups is 1. The van der Waals surface area contributed by atoms with Crippen molar-refractivity contribution in [2.75, 3.05) is 13.2 Å². The third kappa shape index (κ3) is 1.06. The molecule has 0 aromatic carbocycles. The summed E-state index contributed by atoms with van der Waals surface area (Å²) in [7, 11) is 0. The molecule has 2 aliphatic rings. The summed E-state index contributed by atoms with van der Waals surface area (Å²) in [6.45, 7) is 1.19. The minimum absolute atomic E-state index is 0.321. The third-order valence-corrected chi connectivity index (χ3v) is 2.58. The molecule has 2 atom stereocenters. The molecule has 1 heterocycles. The van der Waals surface area contributed by atoms with Gasteiger partial charge in [-0.05, 0) is 25.2 Å². The fourth-order valence-corrected chi connectivity index (χ4v) is 1.80. The van der Waals surface area contributed by atoms with E-state index in [9.17, 15) is 0 Å². The number of hydrogen-bond acceptors (Lipinski definition) is 2. The highest BCUT2D eigenvalue weighted by Crippen LogP contribution is 2.41. The van der Waals surface area contributed by atoms with Gasteiger partial charge in [-0.15, -0.1) is 0 Å². The van der Waals surface area contributed by atoms with Crippen LogP contribution >= 0.6 is 0 Å². The molecule has 0 aromatic heterocycles. The van der Waals surface area contributed by atoms with Crippen LogP contribution in [0.1, 0.15) is 19.3 Å². The molecule has 1 aliphatic carbocycles. The van der Waals surface area contributed by atoms with E-state index in [2.05, 4.69) is 0 Å². The van der Waals surface area contributed by atoms with Crippen LogP contribution in [0.15, 0.2) is 0 Å². The summed E-state index contributed by atoms with van der Waals surface area (Å²) in [5.74, 6) is 1.24. The summed E-state index contributed by atoms with van der Waals surface area (Å²) in [6.07, 6.45) is 4.12.